The molecule has 0 saturated carbocycles. The molecule has 3 N–H and O–H groups in total. The predicted octanol–water partition coefficient (Wildman–Crippen LogP) is 1.40. The Bertz CT molecular complexity index is 723. The van der Waals surface area contributed by atoms with Gasteiger partial charge in [-0.25, -0.2) is 4.98 Å². The molecule has 0 aromatic carbocycles. The Morgan fingerprint density at radius 1 is 1.26 bits per heavy atom. The van der Waals surface area contributed by atoms with Gasteiger partial charge in [0.05, 0.1) is 30.1 Å². The van der Waals surface area contributed by atoms with E-state index in [1.807, 2.05) is 13.0 Å². The number of pyridine rings is 1. The predicted molar refractivity (Wildman–Crippen MR) is 70.5 cm³/mol. The van der Waals surface area contributed by atoms with Gasteiger partial charge in [-0.2, -0.15) is 10.1 Å². The molecule has 0 amide bonds. The largest absolute Gasteiger partial charge is 0.492 e. The van der Waals surface area contributed by atoms with Crippen LogP contribution in [0.5, 0.6) is 5.75 Å². The number of nitrogen functional groups attached to an aromatic ring is 1. The molecule has 7 nitrogen and oxygen atoms in total. The first-order valence-electron chi connectivity index (χ1n) is 5.82. The first-order valence-corrected chi connectivity index (χ1v) is 5.82. The van der Waals surface area contributed by atoms with E-state index in [1.54, 1.807) is 18.6 Å². The maximum Gasteiger partial charge on any atom is 0.222 e. The van der Waals surface area contributed by atoms with Crippen LogP contribution >= 0.6 is 0 Å². The molecule has 0 aliphatic carbocycles. The van der Waals surface area contributed by atoms with Crippen molar-refractivity contribution in [1.29, 1.82) is 0 Å². The molecule has 0 atom stereocenters. The minimum Gasteiger partial charge on any atom is -0.492 e. The highest BCUT2D eigenvalue weighted by Gasteiger charge is 2.11. The summed E-state index contributed by atoms with van der Waals surface area (Å²) in [4.78, 5) is 12.5. The molecule has 96 valence electrons. The second kappa shape index (κ2) is 4.52. The van der Waals surface area contributed by atoms with E-state index in [4.69, 9.17) is 10.5 Å². The van der Waals surface area contributed by atoms with Gasteiger partial charge in [0.15, 0.2) is 5.65 Å². The zero-order valence-electron chi connectivity index (χ0n) is 10.3. The van der Waals surface area contributed by atoms with Crippen molar-refractivity contribution < 1.29 is 4.74 Å². The van der Waals surface area contributed by atoms with Gasteiger partial charge in [-0.05, 0) is 13.0 Å². The number of aromatic nitrogens is 5. The van der Waals surface area contributed by atoms with Crippen LogP contribution in [0.2, 0.25) is 0 Å². The number of hydrogen-bond acceptors (Lipinski definition) is 6. The van der Waals surface area contributed by atoms with Crippen molar-refractivity contribution in [2.75, 3.05) is 12.3 Å². The average molecular weight is 256 g/mol. The summed E-state index contributed by atoms with van der Waals surface area (Å²) >= 11 is 0. The van der Waals surface area contributed by atoms with E-state index in [0.717, 1.165) is 10.9 Å². The van der Waals surface area contributed by atoms with Crippen LogP contribution in [-0.2, 0) is 0 Å². The normalized spacial score (nSPS) is 10.8. The fraction of sp³-hybridized carbons (Fsp3) is 0.167. The highest BCUT2D eigenvalue weighted by Crippen LogP contribution is 2.27. The van der Waals surface area contributed by atoms with Gasteiger partial charge in [0, 0.05) is 11.8 Å². The molecule has 0 aliphatic rings. The Morgan fingerprint density at radius 2 is 2.16 bits per heavy atom. The van der Waals surface area contributed by atoms with Crippen LogP contribution in [0.4, 0.5) is 5.95 Å². The zero-order valence-corrected chi connectivity index (χ0v) is 10.3. The van der Waals surface area contributed by atoms with Crippen molar-refractivity contribution in [3.63, 3.8) is 0 Å². The summed E-state index contributed by atoms with van der Waals surface area (Å²) in [5, 5.41) is 7.53. The minimum absolute atomic E-state index is 0.188. The van der Waals surface area contributed by atoms with Crippen LogP contribution < -0.4 is 10.5 Å². The van der Waals surface area contributed by atoms with Crippen molar-refractivity contribution in [3.05, 3.63) is 24.7 Å². The summed E-state index contributed by atoms with van der Waals surface area (Å²) in [5.74, 6) is 0.877. The van der Waals surface area contributed by atoms with Crippen molar-refractivity contribution in [1.82, 2.24) is 25.1 Å². The van der Waals surface area contributed by atoms with Gasteiger partial charge < -0.3 is 10.5 Å². The Labute approximate surface area is 108 Å². The zero-order chi connectivity index (χ0) is 13.2. The summed E-state index contributed by atoms with van der Waals surface area (Å²) in [6.45, 7) is 2.50. The second-order valence-corrected chi connectivity index (χ2v) is 3.91. The molecule has 0 spiro atoms. The van der Waals surface area contributed by atoms with Crippen molar-refractivity contribution in [3.8, 4) is 17.0 Å². The summed E-state index contributed by atoms with van der Waals surface area (Å²) in [7, 11) is 0. The van der Waals surface area contributed by atoms with E-state index in [2.05, 4.69) is 25.1 Å². The van der Waals surface area contributed by atoms with Crippen LogP contribution in [0, 0.1) is 0 Å². The molecule has 0 fully saturated rings. The Morgan fingerprint density at radius 3 is 3.00 bits per heavy atom. The maximum absolute atomic E-state index is 5.70. The van der Waals surface area contributed by atoms with Gasteiger partial charge in [0.25, 0.3) is 0 Å². The summed E-state index contributed by atoms with van der Waals surface area (Å²) in [6.07, 6.45) is 5.03. The number of nitrogens with zero attached hydrogens (tertiary/aromatic N) is 4. The topological polar surface area (TPSA) is 103 Å². The quantitative estimate of drug-likeness (QED) is 0.734. The Balaban J connectivity index is 2.18. The Kier molecular flexibility index (Phi) is 2.71. The van der Waals surface area contributed by atoms with Crippen LogP contribution in [0.15, 0.2) is 24.7 Å². The molecule has 3 aromatic heterocycles. The minimum atomic E-state index is 0.188. The number of rotatable bonds is 3. The third-order valence-corrected chi connectivity index (χ3v) is 2.62. The van der Waals surface area contributed by atoms with Crippen molar-refractivity contribution >= 4 is 17.0 Å². The summed E-state index contributed by atoms with van der Waals surface area (Å²) in [6, 6.07) is 1.87. The number of nitrogens with one attached hydrogen (secondary N) is 1. The molecule has 0 aliphatic heterocycles. The van der Waals surface area contributed by atoms with Gasteiger partial charge in [0.2, 0.25) is 5.95 Å². The number of aromatic amines is 1. The van der Waals surface area contributed by atoms with Gasteiger partial charge in [-0.1, -0.05) is 0 Å². The van der Waals surface area contributed by atoms with E-state index in [1.165, 1.54) is 0 Å². The first kappa shape index (κ1) is 11.4. The molecular formula is C12H12N6O. The third-order valence-electron chi connectivity index (χ3n) is 2.62. The molecule has 0 radical (unpaired) electrons. The third kappa shape index (κ3) is 2.05. The molecule has 3 aromatic rings. The maximum atomic E-state index is 5.70. The van der Waals surface area contributed by atoms with E-state index in [0.29, 0.717) is 23.7 Å². The molecule has 3 heterocycles. The smallest absolute Gasteiger partial charge is 0.222 e. The van der Waals surface area contributed by atoms with Gasteiger partial charge in [0.1, 0.15) is 5.75 Å². The van der Waals surface area contributed by atoms with Crippen LogP contribution in [0.25, 0.3) is 22.3 Å². The lowest BCUT2D eigenvalue weighted by Gasteiger charge is -2.06. The second-order valence-electron chi connectivity index (χ2n) is 3.91. The number of H-pyrrole nitrogens is 1. The molecule has 0 unspecified atom stereocenters. The Hall–Kier alpha value is -2.70. The lowest BCUT2D eigenvalue weighted by atomic mass is 10.1. The molecular weight excluding hydrogens is 244 g/mol. The number of fused-ring (bicyclic) bond motifs is 1. The molecule has 3 rings (SSSR count). The lowest BCUT2D eigenvalue weighted by molar-refractivity contribution is 0.339. The molecule has 0 saturated heterocycles. The number of ether oxygens (including phenoxy) is 1. The summed E-state index contributed by atoms with van der Waals surface area (Å²) in [5.41, 5.74) is 7.79. The molecule has 0 bridgehead atoms. The number of hydrogen-bond donors (Lipinski definition) is 2. The monoisotopic (exact) mass is 256 g/mol. The van der Waals surface area contributed by atoms with Crippen LogP contribution in [0.3, 0.4) is 0 Å². The highest BCUT2D eigenvalue weighted by molar-refractivity contribution is 5.90. The van der Waals surface area contributed by atoms with E-state index >= 15 is 0 Å². The van der Waals surface area contributed by atoms with Gasteiger partial charge in [-0.15, -0.1) is 0 Å². The molecule has 19 heavy (non-hydrogen) atoms. The lowest BCUT2D eigenvalue weighted by Crippen LogP contribution is -1.98. The van der Waals surface area contributed by atoms with E-state index in [9.17, 15) is 0 Å². The summed E-state index contributed by atoms with van der Waals surface area (Å²) < 4.78 is 5.43. The average Bonchev–Trinajstić information content (AvgIpc) is 2.86. The number of anilines is 1. The van der Waals surface area contributed by atoms with Crippen LogP contribution in [0.1, 0.15) is 6.92 Å². The number of nitrogens with two attached hydrogens (primary N) is 1. The first-order chi connectivity index (χ1) is 9.28. The van der Waals surface area contributed by atoms with Gasteiger partial charge >= 0.3 is 0 Å². The highest BCUT2D eigenvalue weighted by atomic mass is 16.5. The van der Waals surface area contributed by atoms with Crippen molar-refractivity contribution in [2.24, 2.45) is 0 Å². The fourth-order valence-electron chi connectivity index (χ4n) is 1.87. The van der Waals surface area contributed by atoms with E-state index in [-0.39, 0.29) is 5.95 Å². The van der Waals surface area contributed by atoms with Gasteiger partial charge in [-0.3, -0.25) is 10.1 Å². The fourth-order valence-corrected chi connectivity index (χ4v) is 1.87. The van der Waals surface area contributed by atoms with Crippen LogP contribution in [-0.4, -0.2) is 31.8 Å². The SMILES string of the molecule is CCOc1cncc(-c2nc(N)nc3[nH]ncc23)c1. The van der Waals surface area contributed by atoms with Crippen molar-refractivity contribution in [2.45, 2.75) is 6.92 Å². The molecule has 7 heteroatoms. The standard InChI is InChI=1S/C12H12N6O/c1-2-19-8-3-7(4-14-5-8)10-9-6-15-18-11(9)17-12(13)16-10/h3-6H,2H2,1H3,(H3,13,15,16,17,18). The van der Waals surface area contributed by atoms with E-state index < -0.39 is 0 Å².